The third-order valence-corrected chi connectivity index (χ3v) is 2.85. The first-order valence-corrected chi connectivity index (χ1v) is 6.24. The summed E-state index contributed by atoms with van der Waals surface area (Å²) in [6.07, 6.45) is 0. The highest BCUT2D eigenvalue weighted by Crippen LogP contribution is 2.10. The third-order valence-electron chi connectivity index (χ3n) is 2.85. The van der Waals surface area contributed by atoms with Gasteiger partial charge in [-0.2, -0.15) is 0 Å². The Hall–Kier alpha value is -1.99. The first-order chi connectivity index (χ1) is 9.10. The van der Waals surface area contributed by atoms with Crippen LogP contribution in [0.15, 0.2) is 24.3 Å². The number of carbonyl (C=O) groups excluding carboxylic acids is 1. The molecule has 1 N–H and O–H groups in total. The van der Waals surface area contributed by atoms with E-state index in [-0.39, 0.29) is 12.6 Å². The van der Waals surface area contributed by atoms with Crippen molar-refractivity contribution in [2.24, 2.45) is 0 Å². The minimum atomic E-state index is -0.165. The first-order valence-electron chi connectivity index (χ1n) is 6.24. The molecular weight excluding hydrogens is 240 g/mol. The van der Waals surface area contributed by atoms with E-state index in [0.29, 0.717) is 13.1 Å². The average Bonchev–Trinajstić information content (AvgIpc) is 2.44. The summed E-state index contributed by atoms with van der Waals surface area (Å²) < 4.78 is 0. The fraction of sp³-hybridized carbons (Fsp3) is 0.400. The molecule has 0 bridgehead atoms. The Kier molecular flexibility index (Phi) is 5.91. The van der Waals surface area contributed by atoms with Gasteiger partial charge >= 0.3 is 6.03 Å². The molecule has 1 aromatic rings. The van der Waals surface area contributed by atoms with Crippen LogP contribution in [-0.4, -0.2) is 48.2 Å². The topological polar surface area (TPSA) is 43.8 Å². The van der Waals surface area contributed by atoms with Crippen LogP contribution in [0.4, 0.5) is 4.79 Å². The lowest BCUT2D eigenvalue weighted by molar-refractivity contribution is 0.173. The van der Waals surface area contributed by atoms with E-state index < -0.39 is 0 Å². The van der Waals surface area contributed by atoms with Crippen LogP contribution in [-0.2, 0) is 6.54 Å². The molecule has 0 atom stereocenters. The largest absolute Gasteiger partial charge is 0.384 e. The Morgan fingerprint density at radius 2 is 1.95 bits per heavy atom. The van der Waals surface area contributed by atoms with Crippen molar-refractivity contribution < 1.29 is 9.90 Å². The summed E-state index contributed by atoms with van der Waals surface area (Å²) in [4.78, 5) is 15.3. The Morgan fingerprint density at radius 1 is 1.26 bits per heavy atom. The van der Waals surface area contributed by atoms with Crippen LogP contribution in [0.2, 0.25) is 0 Å². The monoisotopic (exact) mass is 260 g/mol. The predicted octanol–water partition coefficient (Wildman–Crippen LogP) is 1.53. The molecule has 4 heteroatoms. The van der Waals surface area contributed by atoms with Gasteiger partial charge in [-0.25, -0.2) is 4.79 Å². The van der Waals surface area contributed by atoms with Gasteiger partial charge in [-0.3, -0.25) is 0 Å². The number of hydrogen-bond acceptors (Lipinski definition) is 2. The number of urea groups is 1. The van der Waals surface area contributed by atoms with E-state index in [1.165, 1.54) is 0 Å². The van der Waals surface area contributed by atoms with Crippen molar-refractivity contribution in [2.45, 2.75) is 13.5 Å². The zero-order chi connectivity index (χ0) is 14.3. The molecule has 0 fully saturated rings. The van der Waals surface area contributed by atoms with E-state index in [1.54, 1.807) is 23.9 Å². The molecule has 0 spiro atoms. The number of amides is 2. The average molecular weight is 260 g/mol. The van der Waals surface area contributed by atoms with Gasteiger partial charge in [0.2, 0.25) is 0 Å². The molecule has 0 saturated heterocycles. The second-order valence-electron chi connectivity index (χ2n) is 4.27. The van der Waals surface area contributed by atoms with Crippen molar-refractivity contribution in [2.75, 3.05) is 27.2 Å². The number of carbonyl (C=O) groups is 1. The smallest absolute Gasteiger partial charge is 0.319 e. The molecule has 0 saturated carbocycles. The maximum Gasteiger partial charge on any atom is 0.319 e. The predicted molar refractivity (Wildman–Crippen MR) is 75.6 cm³/mol. The Morgan fingerprint density at radius 3 is 2.58 bits per heavy atom. The summed E-state index contributed by atoms with van der Waals surface area (Å²) in [7, 11) is 3.54. The molecule has 2 amide bonds. The van der Waals surface area contributed by atoms with Crippen LogP contribution in [0.3, 0.4) is 0 Å². The van der Waals surface area contributed by atoms with Crippen LogP contribution in [0.5, 0.6) is 0 Å². The van der Waals surface area contributed by atoms with E-state index >= 15 is 0 Å². The Bertz CT molecular complexity index is 488. The van der Waals surface area contributed by atoms with E-state index in [2.05, 4.69) is 11.8 Å². The lowest BCUT2D eigenvalue weighted by Gasteiger charge is -2.24. The summed E-state index contributed by atoms with van der Waals surface area (Å²) >= 11 is 0. The molecule has 0 radical (unpaired) electrons. The van der Waals surface area contributed by atoms with E-state index in [9.17, 15) is 4.79 Å². The summed E-state index contributed by atoms with van der Waals surface area (Å²) in [6, 6.07) is 7.62. The number of rotatable bonds is 3. The SMILES string of the molecule is CCN(C)C(=O)N(C)Cc1ccccc1C#CCO. The minimum Gasteiger partial charge on any atom is -0.384 e. The standard InChI is InChI=1S/C15H20N2O2/c1-4-16(2)15(19)17(3)12-14-9-6-5-8-13(14)10-7-11-18/h5-6,8-9,18H,4,11-12H2,1-3H3. The highest BCUT2D eigenvalue weighted by Gasteiger charge is 2.13. The van der Waals surface area contributed by atoms with Crippen molar-refractivity contribution in [3.63, 3.8) is 0 Å². The van der Waals surface area contributed by atoms with Crippen molar-refractivity contribution in [1.29, 1.82) is 0 Å². The van der Waals surface area contributed by atoms with E-state index in [4.69, 9.17) is 5.11 Å². The van der Waals surface area contributed by atoms with Crippen LogP contribution >= 0.6 is 0 Å². The van der Waals surface area contributed by atoms with Gasteiger partial charge in [0.05, 0.1) is 0 Å². The lowest BCUT2D eigenvalue weighted by atomic mass is 10.1. The maximum atomic E-state index is 12.0. The zero-order valence-electron chi connectivity index (χ0n) is 11.7. The number of nitrogens with zero attached hydrogens (tertiary/aromatic N) is 2. The van der Waals surface area contributed by atoms with Gasteiger partial charge in [0.15, 0.2) is 0 Å². The Balaban J connectivity index is 2.84. The third kappa shape index (κ3) is 4.31. The molecule has 0 aromatic heterocycles. The molecular formula is C15H20N2O2. The summed E-state index contributed by atoms with van der Waals surface area (Å²) in [5, 5.41) is 8.75. The second-order valence-corrected chi connectivity index (χ2v) is 4.27. The zero-order valence-corrected chi connectivity index (χ0v) is 11.7. The number of benzene rings is 1. The number of aliphatic hydroxyl groups is 1. The van der Waals surface area contributed by atoms with Crippen molar-refractivity contribution >= 4 is 6.03 Å². The molecule has 102 valence electrons. The molecule has 0 unspecified atom stereocenters. The first kappa shape index (κ1) is 15.1. The lowest BCUT2D eigenvalue weighted by Crippen LogP contribution is -2.38. The van der Waals surface area contributed by atoms with Gasteiger partial charge in [0.25, 0.3) is 0 Å². The van der Waals surface area contributed by atoms with Crippen LogP contribution in [0, 0.1) is 11.8 Å². The van der Waals surface area contributed by atoms with Crippen LogP contribution in [0.1, 0.15) is 18.1 Å². The fourth-order valence-electron chi connectivity index (χ4n) is 1.66. The van der Waals surface area contributed by atoms with Crippen molar-refractivity contribution in [1.82, 2.24) is 9.80 Å². The summed E-state index contributed by atoms with van der Waals surface area (Å²) in [6.45, 7) is 2.95. The molecule has 0 aliphatic rings. The fourth-order valence-corrected chi connectivity index (χ4v) is 1.66. The molecule has 0 aliphatic heterocycles. The van der Waals surface area contributed by atoms with Crippen LogP contribution in [0.25, 0.3) is 0 Å². The molecule has 4 nitrogen and oxygen atoms in total. The second kappa shape index (κ2) is 7.45. The van der Waals surface area contributed by atoms with Gasteiger partial charge in [-0.05, 0) is 18.6 Å². The van der Waals surface area contributed by atoms with E-state index in [0.717, 1.165) is 11.1 Å². The van der Waals surface area contributed by atoms with Gasteiger partial charge in [-0.1, -0.05) is 30.0 Å². The highest BCUT2D eigenvalue weighted by atomic mass is 16.2. The molecule has 0 heterocycles. The summed E-state index contributed by atoms with van der Waals surface area (Å²) in [5.74, 6) is 5.53. The molecule has 0 aliphatic carbocycles. The van der Waals surface area contributed by atoms with Crippen molar-refractivity contribution in [3.8, 4) is 11.8 Å². The quantitative estimate of drug-likeness (QED) is 0.838. The van der Waals surface area contributed by atoms with Gasteiger partial charge in [0.1, 0.15) is 6.61 Å². The van der Waals surface area contributed by atoms with Crippen LogP contribution < -0.4 is 0 Å². The van der Waals surface area contributed by atoms with E-state index in [1.807, 2.05) is 31.2 Å². The number of aliphatic hydroxyl groups excluding tert-OH is 1. The van der Waals surface area contributed by atoms with Crippen molar-refractivity contribution in [3.05, 3.63) is 35.4 Å². The Labute approximate surface area is 114 Å². The number of hydrogen-bond donors (Lipinski definition) is 1. The maximum absolute atomic E-state index is 12.0. The molecule has 1 aromatic carbocycles. The highest BCUT2D eigenvalue weighted by molar-refractivity contribution is 5.73. The van der Waals surface area contributed by atoms with Gasteiger partial charge in [-0.15, -0.1) is 0 Å². The molecule has 19 heavy (non-hydrogen) atoms. The minimum absolute atomic E-state index is 0.0209. The van der Waals surface area contributed by atoms with Gasteiger partial charge < -0.3 is 14.9 Å². The molecule has 1 rings (SSSR count). The summed E-state index contributed by atoms with van der Waals surface area (Å²) in [5.41, 5.74) is 1.82. The normalized spacial score (nSPS) is 9.47. The van der Waals surface area contributed by atoms with Gasteiger partial charge in [0, 0.05) is 32.7 Å².